The van der Waals surface area contributed by atoms with E-state index in [1.54, 1.807) is 13.0 Å². The Morgan fingerprint density at radius 3 is 2.32 bits per heavy atom. The molecule has 0 saturated carbocycles. The maximum Gasteiger partial charge on any atom is 0.332 e. The smallest absolute Gasteiger partial charge is 0.332 e. The molecule has 0 spiro atoms. The second-order valence-corrected chi connectivity index (χ2v) is 4.45. The average molecular weight is 273 g/mol. The Hall–Kier alpha value is -1.44. The minimum atomic E-state index is -1.64. The SMILES string of the molecule is C=CC[C@H](CNC(C(=O)O)C(=O)O)C1(C)OCCO1. The molecule has 1 atom stereocenters. The number of aliphatic carboxylic acids is 2. The van der Waals surface area contributed by atoms with E-state index in [1.165, 1.54) is 0 Å². The minimum absolute atomic E-state index is 0.145. The number of carboxylic acids is 2. The monoisotopic (exact) mass is 273 g/mol. The Morgan fingerprint density at radius 2 is 1.89 bits per heavy atom. The fourth-order valence-corrected chi connectivity index (χ4v) is 1.99. The second-order valence-electron chi connectivity index (χ2n) is 4.45. The van der Waals surface area contributed by atoms with Crippen LogP contribution in [0.15, 0.2) is 12.7 Å². The van der Waals surface area contributed by atoms with Crippen LogP contribution >= 0.6 is 0 Å². The first-order valence-corrected chi connectivity index (χ1v) is 5.98. The van der Waals surface area contributed by atoms with Gasteiger partial charge in [0.25, 0.3) is 0 Å². The van der Waals surface area contributed by atoms with Crippen LogP contribution in [0.25, 0.3) is 0 Å². The number of rotatable bonds is 8. The van der Waals surface area contributed by atoms with Crippen molar-refractivity contribution in [1.29, 1.82) is 0 Å². The van der Waals surface area contributed by atoms with E-state index in [9.17, 15) is 9.59 Å². The molecule has 108 valence electrons. The highest BCUT2D eigenvalue weighted by molar-refractivity contribution is 5.97. The third kappa shape index (κ3) is 4.02. The van der Waals surface area contributed by atoms with Crippen molar-refractivity contribution in [3.05, 3.63) is 12.7 Å². The zero-order valence-corrected chi connectivity index (χ0v) is 10.8. The van der Waals surface area contributed by atoms with Crippen LogP contribution in [0.3, 0.4) is 0 Å². The first-order valence-electron chi connectivity index (χ1n) is 5.98. The van der Waals surface area contributed by atoms with Gasteiger partial charge in [0.1, 0.15) is 0 Å². The molecule has 0 unspecified atom stereocenters. The Kier molecular flexibility index (Phi) is 5.46. The number of hydrogen-bond donors (Lipinski definition) is 3. The lowest BCUT2D eigenvalue weighted by Crippen LogP contribution is -2.49. The van der Waals surface area contributed by atoms with E-state index in [0.717, 1.165) is 0 Å². The fraction of sp³-hybridized carbons (Fsp3) is 0.667. The maximum absolute atomic E-state index is 10.8. The molecule has 0 bridgehead atoms. The summed E-state index contributed by atoms with van der Waals surface area (Å²) in [6, 6.07) is -1.64. The Labute approximate surface area is 111 Å². The normalized spacial score (nSPS) is 19.3. The van der Waals surface area contributed by atoms with Crippen LogP contribution in [-0.4, -0.2) is 53.7 Å². The molecule has 0 aromatic heterocycles. The van der Waals surface area contributed by atoms with Crippen LogP contribution < -0.4 is 5.32 Å². The van der Waals surface area contributed by atoms with Crippen molar-refractivity contribution in [2.75, 3.05) is 19.8 Å². The van der Waals surface area contributed by atoms with Gasteiger partial charge in [-0.3, -0.25) is 5.32 Å². The van der Waals surface area contributed by atoms with Crippen molar-refractivity contribution >= 4 is 11.9 Å². The van der Waals surface area contributed by atoms with Gasteiger partial charge in [0.2, 0.25) is 6.04 Å². The third-order valence-corrected chi connectivity index (χ3v) is 3.12. The molecule has 1 aliphatic heterocycles. The molecule has 0 aliphatic carbocycles. The molecule has 7 heteroatoms. The van der Waals surface area contributed by atoms with Gasteiger partial charge in [0, 0.05) is 12.5 Å². The molecule has 7 nitrogen and oxygen atoms in total. The molecule has 1 heterocycles. The summed E-state index contributed by atoms with van der Waals surface area (Å²) in [4.78, 5) is 21.6. The van der Waals surface area contributed by atoms with Crippen molar-refractivity contribution < 1.29 is 29.3 Å². The number of nitrogens with one attached hydrogen (secondary N) is 1. The summed E-state index contributed by atoms with van der Waals surface area (Å²) in [5.74, 6) is -3.91. The molecule has 0 aromatic rings. The standard InChI is InChI=1S/C12H19NO6/c1-3-4-8(12(2)18-5-6-19-12)7-13-9(10(14)15)11(16)17/h3,8-9,13H,1,4-7H2,2H3,(H,14,15)(H,16,17)/t8-/m1/s1. The maximum atomic E-state index is 10.8. The Balaban J connectivity index is 2.65. The van der Waals surface area contributed by atoms with E-state index in [1.807, 2.05) is 0 Å². The molecular formula is C12H19NO6. The predicted octanol–water partition coefficient (Wildman–Crippen LogP) is 0.0691. The quantitative estimate of drug-likeness (QED) is 0.424. The molecule has 3 N–H and O–H groups in total. The van der Waals surface area contributed by atoms with Crippen LogP contribution in [0.4, 0.5) is 0 Å². The summed E-state index contributed by atoms with van der Waals surface area (Å²) in [6.07, 6.45) is 2.19. The lowest BCUT2D eigenvalue weighted by molar-refractivity contribution is -0.180. The van der Waals surface area contributed by atoms with Gasteiger partial charge in [-0.15, -0.1) is 6.58 Å². The number of carbonyl (C=O) groups is 2. The van der Waals surface area contributed by atoms with Gasteiger partial charge in [0.15, 0.2) is 5.79 Å². The van der Waals surface area contributed by atoms with Gasteiger partial charge in [-0.2, -0.15) is 0 Å². The zero-order valence-electron chi connectivity index (χ0n) is 10.8. The molecule has 1 fully saturated rings. The largest absolute Gasteiger partial charge is 0.480 e. The fourth-order valence-electron chi connectivity index (χ4n) is 1.99. The molecule has 19 heavy (non-hydrogen) atoms. The van der Waals surface area contributed by atoms with Gasteiger partial charge < -0.3 is 19.7 Å². The lowest BCUT2D eigenvalue weighted by Gasteiger charge is -2.32. The van der Waals surface area contributed by atoms with Gasteiger partial charge >= 0.3 is 11.9 Å². The molecule has 0 amide bonds. The average Bonchev–Trinajstić information content (AvgIpc) is 2.75. The highest BCUT2D eigenvalue weighted by Gasteiger charge is 2.40. The molecule has 1 saturated heterocycles. The van der Waals surface area contributed by atoms with Crippen molar-refractivity contribution in [1.82, 2.24) is 5.32 Å². The topological polar surface area (TPSA) is 105 Å². The molecule has 1 aliphatic rings. The molecule has 1 rings (SSSR count). The molecule has 0 aromatic carbocycles. The van der Waals surface area contributed by atoms with Crippen LogP contribution in [0.2, 0.25) is 0 Å². The first kappa shape index (κ1) is 15.6. The van der Waals surface area contributed by atoms with Crippen molar-refractivity contribution in [2.24, 2.45) is 5.92 Å². The van der Waals surface area contributed by atoms with Crippen LogP contribution in [-0.2, 0) is 19.1 Å². The Bertz CT molecular complexity index is 336. The third-order valence-electron chi connectivity index (χ3n) is 3.12. The van der Waals surface area contributed by atoms with E-state index in [-0.39, 0.29) is 12.5 Å². The summed E-state index contributed by atoms with van der Waals surface area (Å²) < 4.78 is 11.0. The number of carboxylic acid groups (broad SMARTS) is 2. The summed E-state index contributed by atoms with van der Waals surface area (Å²) in [7, 11) is 0. The van der Waals surface area contributed by atoms with E-state index in [4.69, 9.17) is 19.7 Å². The summed E-state index contributed by atoms with van der Waals surface area (Å²) in [6.45, 7) is 6.46. The minimum Gasteiger partial charge on any atom is -0.480 e. The first-order chi connectivity index (χ1) is 8.90. The van der Waals surface area contributed by atoms with Gasteiger partial charge in [-0.1, -0.05) is 6.08 Å². The molecular weight excluding hydrogens is 254 g/mol. The number of allylic oxidation sites excluding steroid dienone is 1. The van der Waals surface area contributed by atoms with Crippen LogP contribution in [0.1, 0.15) is 13.3 Å². The lowest BCUT2D eigenvalue weighted by atomic mass is 9.95. The van der Waals surface area contributed by atoms with Crippen molar-refractivity contribution in [2.45, 2.75) is 25.2 Å². The number of ether oxygens (including phenoxy) is 2. The summed E-state index contributed by atoms with van der Waals surface area (Å²) >= 11 is 0. The van der Waals surface area contributed by atoms with Crippen molar-refractivity contribution in [3.63, 3.8) is 0 Å². The van der Waals surface area contributed by atoms with E-state index < -0.39 is 23.8 Å². The Morgan fingerprint density at radius 1 is 1.37 bits per heavy atom. The van der Waals surface area contributed by atoms with Gasteiger partial charge in [-0.25, -0.2) is 9.59 Å². The summed E-state index contributed by atoms with van der Waals surface area (Å²) in [5.41, 5.74) is 0. The molecule has 0 radical (unpaired) electrons. The van der Waals surface area contributed by atoms with E-state index >= 15 is 0 Å². The van der Waals surface area contributed by atoms with Crippen molar-refractivity contribution in [3.8, 4) is 0 Å². The highest BCUT2D eigenvalue weighted by atomic mass is 16.7. The van der Waals surface area contributed by atoms with Crippen LogP contribution in [0.5, 0.6) is 0 Å². The summed E-state index contributed by atoms with van der Waals surface area (Å²) in [5, 5.41) is 20.1. The van der Waals surface area contributed by atoms with Gasteiger partial charge in [0.05, 0.1) is 13.2 Å². The number of hydrogen-bond acceptors (Lipinski definition) is 5. The van der Waals surface area contributed by atoms with E-state index in [0.29, 0.717) is 19.6 Å². The second kappa shape index (κ2) is 6.65. The van der Waals surface area contributed by atoms with Gasteiger partial charge in [-0.05, 0) is 13.3 Å². The zero-order chi connectivity index (χ0) is 14.5. The highest BCUT2D eigenvalue weighted by Crippen LogP contribution is 2.30. The predicted molar refractivity (Wildman–Crippen MR) is 65.7 cm³/mol. The van der Waals surface area contributed by atoms with Crippen LogP contribution in [0, 0.1) is 5.92 Å². The van der Waals surface area contributed by atoms with E-state index in [2.05, 4.69) is 11.9 Å².